The number of ether oxygens (including phenoxy) is 1. The molecular weight excluding hydrogens is 416 g/mol. The Bertz CT molecular complexity index is 914. The van der Waals surface area contributed by atoms with E-state index < -0.39 is 21.7 Å². The Kier molecular flexibility index (Phi) is 8.54. The molecule has 7 nitrogen and oxygen atoms in total. The number of aliphatic hydroxyl groups is 2. The largest absolute Gasteiger partial charge is 0.487 e. The van der Waals surface area contributed by atoms with Crippen molar-refractivity contribution in [2.45, 2.75) is 63.7 Å². The predicted molar refractivity (Wildman–Crippen MR) is 121 cm³/mol. The van der Waals surface area contributed by atoms with E-state index in [1.165, 1.54) is 10.4 Å². The van der Waals surface area contributed by atoms with Crippen LogP contribution in [0.25, 0.3) is 0 Å². The summed E-state index contributed by atoms with van der Waals surface area (Å²) in [6.45, 7) is 10.5. The van der Waals surface area contributed by atoms with Crippen molar-refractivity contribution in [1.29, 1.82) is 0 Å². The summed E-state index contributed by atoms with van der Waals surface area (Å²) in [5, 5.41) is 19.6. The van der Waals surface area contributed by atoms with Crippen molar-refractivity contribution in [2.75, 3.05) is 33.3 Å². The zero-order chi connectivity index (χ0) is 23.4. The fraction of sp³-hybridized carbons (Fsp3) is 0.652. The van der Waals surface area contributed by atoms with E-state index in [1.54, 1.807) is 32.9 Å². The molecule has 8 heteroatoms. The lowest BCUT2D eigenvalue weighted by atomic mass is 10.0. The molecule has 31 heavy (non-hydrogen) atoms. The number of benzene rings is 1. The van der Waals surface area contributed by atoms with Crippen LogP contribution in [0.3, 0.4) is 0 Å². The zero-order valence-electron chi connectivity index (χ0n) is 19.4. The zero-order valence-corrected chi connectivity index (χ0v) is 20.2. The quantitative estimate of drug-likeness (QED) is 0.641. The second kappa shape index (κ2) is 10.3. The van der Waals surface area contributed by atoms with Crippen LogP contribution in [0.4, 0.5) is 0 Å². The van der Waals surface area contributed by atoms with Gasteiger partial charge in [0.1, 0.15) is 22.4 Å². The standard InChI is InChI=1S/C23H36N2O5S/c1-7-12-24(6)15-21-17(2)14-25(18(3)16-26)31(28,29)22-9-8-19(13-20(22)30-21)10-11-23(4,5)27/h8-9,13,17-18,21,26-27H,7,12,14-16H2,1-6H3/t17-,18-,21-/m1/s1. The van der Waals surface area contributed by atoms with E-state index >= 15 is 0 Å². The van der Waals surface area contributed by atoms with Gasteiger partial charge in [0.05, 0.1) is 6.61 Å². The van der Waals surface area contributed by atoms with Gasteiger partial charge in [-0.3, -0.25) is 0 Å². The normalized spacial score (nSPS) is 22.5. The van der Waals surface area contributed by atoms with Gasteiger partial charge in [-0.2, -0.15) is 4.31 Å². The van der Waals surface area contributed by atoms with Crippen LogP contribution in [0.1, 0.15) is 46.6 Å². The van der Waals surface area contributed by atoms with Gasteiger partial charge in [-0.25, -0.2) is 8.42 Å². The molecule has 1 heterocycles. The van der Waals surface area contributed by atoms with Crippen LogP contribution in [-0.2, 0) is 10.0 Å². The van der Waals surface area contributed by atoms with Gasteiger partial charge in [0.15, 0.2) is 0 Å². The minimum absolute atomic E-state index is 0.0663. The number of fused-ring (bicyclic) bond motifs is 1. The number of sulfonamides is 1. The van der Waals surface area contributed by atoms with Crippen molar-refractivity contribution in [2.24, 2.45) is 5.92 Å². The van der Waals surface area contributed by atoms with Gasteiger partial charge < -0.3 is 19.8 Å². The third-order valence-electron chi connectivity index (χ3n) is 5.28. The number of likely N-dealkylation sites (N-methyl/N-ethyl adjacent to an activating group) is 1. The molecule has 174 valence electrons. The number of aliphatic hydroxyl groups excluding tert-OH is 1. The van der Waals surface area contributed by atoms with Crippen LogP contribution >= 0.6 is 0 Å². The maximum atomic E-state index is 13.4. The highest BCUT2D eigenvalue weighted by molar-refractivity contribution is 7.89. The first-order valence-corrected chi connectivity index (χ1v) is 12.2. The molecule has 0 saturated carbocycles. The van der Waals surface area contributed by atoms with Crippen molar-refractivity contribution in [1.82, 2.24) is 9.21 Å². The third-order valence-corrected chi connectivity index (χ3v) is 7.30. The molecule has 0 fully saturated rings. The summed E-state index contributed by atoms with van der Waals surface area (Å²) in [6.07, 6.45) is 0.768. The first kappa shape index (κ1) is 25.6. The van der Waals surface area contributed by atoms with Crippen LogP contribution in [0, 0.1) is 17.8 Å². The molecule has 0 radical (unpaired) electrons. The lowest BCUT2D eigenvalue weighted by molar-refractivity contribution is 0.0752. The Morgan fingerprint density at radius 1 is 1.39 bits per heavy atom. The Morgan fingerprint density at radius 3 is 2.65 bits per heavy atom. The fourth-order valence-electron chi connectivity index (χ4n) is 3.53. The van der Waals surface area contributed by atoms with Crippen LogP contribution in [0.5, 0.6) is 5.75 Å². The first-order valence-electron chi connectivity index (χ1n) is 10.8. The van der Waals surface area contributed by atoms with E-state index in [0.717, 1.165) is 13.0 Å². The molecule has 0 amide bonds. The number of nitrogens with zero attached hydrogens (tertiary/aromatic N) is 2. The van der Waals surface area contributed by atoms with Crippen LogP contribution < -0.4 is 4.74 Å². The summed E-state index contributed by atoms with van der Waals surface area (Å²) in [6, 6.07) is 4.18. The number of rotatable bonds is 6. The Hall–Kier alpha value is -1.63. The molecule has 0 unspecified atom stereocenters. The predicted octanol–water partition coefficient (Wildman–Crippen LogP) is 1.92. The van der Waals surface area contributed by atoms with Gasteiger partial charge >= 0.3 is 0 Å². The van der Waals surface area contributed by atoms with E-state index in [1.807, 2.05) is 14.0 Å². The second-order valence-corrected chi connectivity index (χ2v) is 10.8. The Labute approximate surface area is 187 Å². The van der Waals surface area contributed by atoms with Crippen molar-refractivity contribution < 1.29 is 23.4 Å². The molecule has 0 saturated heterocycles. The lowest BCUT2D eigenvalue weighted by Crippen LogP contribution is -2.49. The van der Waals surface area contributed by atoms with E-state index in [-0.39, 0.29) is 35.8 Å². The number of hydrogen-bond donors (Lipinski definition) is 2. The molecular formula is C23H36N2O5S. The molecule has 3 atom stereocenters. The Morgan fingerprint density at radius 2 is 2.06 bits per heavy atom. The summed E-state index contributed by atoms with van der Waals surface area (Å²) in [7, 11) is -1.85. The molecule has 1 aromatic rings. The van der Waals surface area contributed by atoms with Crippen LogP contribution in [0.15, 0.2) is 23.1 Å². The molecule has 0 aromatic heterocycles. The highest BCUT2D eigenvalue weighted by Crippen LogP contribution is 2.34. The van der Waals surface area contributed by atoms with E-state index in [2.05, 4.69) is 23.7 Å². The maximum absolute atomic E-state index is 13.4. The highest BCUT2D eigenvalue weighted by atomic mass is 32.2. The lowest BCUT2D eigenvalue weighted by Gasteiger charge is -2.37. The van der Waals surface area contributed by atoms with Gasteiger partial charge in [0, 0.05) is 30.6 Å². The molecule has 0 aliphatic carbocycles. The van der Waals surface area contributed by atoms with E-state index in [4.69, 9.17) is 4.74 Å². The SMILES string of the molecule is CCCN(C)C[C@H]1Oc2cc(C#CC(C)(C)O)ccc2S(=O)(=O)N([C@H](C)CO)C[C@H]1C. The molecule has 1 aliphatic heterocycles. The van der Waals surface area contributed by atoms with Gasteiger partial charge in [0.2, 0.25) is 10.0 Å². The maximum Gasteiger partial charge on any atom is 0.247 e. The highest BCUT2D eigenvalue weighted by Gasteiger charge is 2.38. The summed E-state index contributed by atoms with van der Waals surface area (Å²) >= 11 is 0. The minimum atomic E-state index is -3.87. The van der Waals surface area contributed by atoms with Gasteiger partial charge in [0.25, 0.3) is 0 Å². The van der Waals surface area contributed by atoms with E-state index in [0.29, 0.717) is 12.1 Å². The van der Waals surface area contributed by atoms with E-state index in [9.17, 15) is 18.6 Å². The Balaban J connectivity index is 2.58. The average Bonchev–Trinajstić information content (AvgIpc) is 2.68. The van der Waals surface area contributed by atoms with Crippen molar-refractivity contribution in [3.8, 4) is 17.6 Å². The molecule has 2 rings (SSSR count). The van der Waals surface area contributed by atoms with Crippen LogP contribution in [0.2, 0.25) is 0 Å². The fourth-order valence-corrected chi connectivity index (χ4v) is 5.35. The molecule has 0 spiro atoms. The second-order valence-electron chi connectivity index (χ2n) is 8.97. The number of hydrogen-bond acceptors (Lipinski definition) is 6. The van der Waals surface area contributed by atoms with Gasteiger partial charge in [-0.1, -0.05) is 25.7 Å². The third kappa shape index (κ3) is 6.67. The van der Waals surface area contributed by atoms with Crippen molar-refractivity contribution in [3.05, 3.63) is 23.8 Å². The monoisotopic (exact) mass is 452 g/mol. The minimum Gasteiger partial charge on any atom is -0.487 e. The van der Waals surface area contributed by atoms with Crippen molar-refractivity contribution >= 4 is 10.0 Å². The smallest absolute Gasteiger partial charge is 0.247 e. The van der Waals surface area contributed by atoms with Gasteiger partial charge in [-0.05, 0) is 59.0 Å². The van der Waals surface area contributed by atoms with Gasteiger partial charge in [-0.15, -0.1) is 0 Å². The summed E-state index contributed by atoms with van der Waals surface area (Å²) < 4.78 is 34.5. The first-order chi connectivity index (χ1) is 14.4. The van der Waals surface area contributed by atoms with Crippen LogP contribution in [-0.4, -0.2) is 78.9 Å². The molecule has 2 N–H and O–H groups in total. The average molecular weight is 453 g/mol. The summed E-state index contributed by atoms with van der Waals surface area (Å²) in [5.74, 6) is 5.79. The molecule has 0 bridgehead atoms. The summed E-state index contributed by atoms with van der Waals surface area (Å²) in [4.78, 5) is 2.24. The summed E-state index contributed by atoms with van der Waals surface area (Å²) in [5.41, 5.74) is -0.600. The molecule has 1 aliphatic rings. The van der Waals surface area contributed by atoms with Crippen molar-refractivity contribution in [3.63, 3.8) is 0 Å². The topological polar surface area (TPSA) is 90.3 Å². The molecule has 1 aromatic carbocycles.